The van der Waals surface area contributed by atoms with Gasteiger partial charge >= 0.3 is 0 Å². The topological polar surface area (TPSA) is 51.1 Å². The van der Waals surface area contributed by atoms with Gasteiger partial charge in [-0.25, -0.2) is 4.39 Å². The molecule has 0 fully saturated rings. The molecule has 0 bridgehead atoms. The highest BCUT2D eigenvalue weighted by atomic mass is 19.1. The molecule has 0 aliphatic carbocycles. The SMILES string of the molecule is CCn1c(=O)c(C(=O)Nc2ccc(F)cc2)cc2ccccc21. The fourth-order valence-electron chi connectivity index (χ4n) is 2.54. The lowest BCUT2D eigenvalue weighted by atomic mass is 10.1. The third-order valence-electron chi connectivity index (χ3n) is 3.67. The number of pyridine rings is 1. The van der Waals surface area contributed by atoms with Gasteiger partial charge in [0.1, 0.15) is 11.4 Å². The molecule has 3 aromatic rings. The van der Waals surface area contributed by atoms with Crippen LogP contribution in [0.2, 0.25) is 0 Å². The number of hydrogen-bond donors (Lipinski definition) is 1. The summed E-state index contributed by atoms with van der Waals surface area (Å²) in [6.45, 7) is 2.33. The number of para-hydroxylation sites is 1. The Bertz CT molecular complexity index is 930. The number of nitrogens with zero attached hydrogens (tertiary/aromatic N) is 1. The van der Waals surface area contributed by atoms with Crippen LogP contribution in [0.5, 0.6) is 0 Å². The average molecular weight is 310 g/mol. The summed E-state index contributed by atoms with van der Waals surface area (Å²) in [5.41, 5.74) is 0.950. The molecular formula is C18H15FN2O2. The molecule has 0 atom stereocenters. The summed E-state index contributed by atoms with van der Waals surface area (Å²) in [4.78, 5) is 25.0. The standard InChI is InChI=1S/C18H15FN2O2/c1-2-21-16-6-4-3-5-12(16)11-15(18(21)23)17(22)20-14-9-7-13(19)8-10-14/h3-11H,2H2,1H3,(H,20,22). The Balaban J connectivity index is 2.05. The maximum Gasteiger partial charge on any atom is 0.263 e. The van der Waals surface area contributed by atoms with E-state index in [1.54, 1.807) is 10.6 Å². The van der Waals surface area contributed by atoms with Gasteiger partial charge < -0.3 is 9.88 Å². The van der Waals surface area contributed by atoms with Crippen LogP contribution in [0.15, 0.2) is 59.4 Å². The van der Waals surface area contributed by atoms with Crippen LogP contribution in [0.3, 0.4) is 0 Å². The van der Waals surface area contributed by atoms with Crippen LogP contribution < -0.4 is 10.9 Å². The Morgan fingerprint density at radius 1 is 1.13 bits per heavy atom. The van der Waals surface area contributed by atoms with Crippen molar-refractivity contribution < 1.29 is 9.18 Å². The predicted molar refractivity (Wildman–Crippen MR) is 88.2 cm³/mol. The van der Waals surface area contributed by atoms with E-state index in [0.29, 0.717) is 12.2 Å². The Morgan fingerprint density at radius 3 is 2.52 bits per heavy atom. The van der Waals surface area contributed by atoms with Gasteiger partial charge in [-0.1, -0.05) is 18.2 Å². The normalized spacial score (nSPS) is 10.7. The molecule has 3 rings (SSSR count). The maximum atomic E-state index is 12.9. The molecule has 23 heavy (non-hydrogen) atoms. The van der Waals surface area contributed by atoms with Crippen molar-refractivity contribution in [1.29, 1.82) is 0 Å². The van der Waals surface area contributed by atoms with Crippen molar-refractivity contribution in [2.75, 3.05) is 5.32 Å². The predicted octanol–water partition coefficient (Wildman–Crippen LogP) is 3.41. The number of rotatable bonds is 3. The summed E-state index contributed by atoms with van der Waals surface area (Å²) in [5, 5.41) is 3.44. The number of carbonyl (C=O) groups is 1. The fraction of sp³-hybridized carbons (Fsp3) is 0.111. The lowest BCUT2D eigenvalue weighted by Crippen LogP contribution is -2.29. The number of halogens is 1. The average Bonchev–Trinajstić information content (AvgIpc) is 2.56. The van der Waals surface area contributed by atoms with Gasteiger partial charge in [-0.2, -0.15) is 0 Å². The monoisotopic (exact) mass is 310 g/mol. The molecule has 0 aliphatic heterocycles. The van der Waals surface area contributed by atoms with Crippen LogP contribution in [0.4, 0.5) is 10.1 Å². The molecule has 0 radical (unpaired) electrons. The molecule has 0 saturated heterocycles. The molecule has 1 heterocycles. The molecule has 1 N–H and O–H groups in total. The molecule has 0 saturated carbocycles. The number of hydrogen-bond acceptors (Lipinski definition) is 2. The summed E-state index contributed by atoms with van der Waals surface area (Å²) < 4.78 is 14.5. The van der Waals surface area contributed by atoms with Crippen molar-refractivity contribution in [2.24, 2.45) is 0 Å². The number of amides is 1. The van der Waals surface area contributed by atoms with E-state index >= 15 is 0 Å². The lowest BCUT2D eigenvalue weighted by molar-refractivity contribution is 0.102. The molecule has 0 aliphatic rings. The summed E-state index contributed by atoms with van der Waals surface area (Å²) in [7, 11) is 0. The highest BCUT2D eigenvalue weighted by molar-refractivity contribution is 6.05. The Morgan fingerprint density at radius 2 is 1.83 bits per heavy atom. The van der Waals surface area contributed by atoms with E-state index in [2.05, 4.69) is 5.32 Å². The first-order valence-electron chi connectivity index (χ1n) is 7.29. The van der Waals surface area contributed by atoms with Crippen molar-refractivity contribution in [3.63, 3.8) is 0 Å². The molecule has 2 aromatic carbocycles. The van der Waals surface area contributed by atoms with Crippen LogP contribution in [-0.2, 0) is 6.54 Å². The zero-order chi connectivity index (χ0) is 16.4. The second-order valence-electron chi connectivity index (χ2n) is 5.13. The number of fused-ring (bicyclic) bond motifs is 1. The maximum absolute atomic E-state index is 12.9. The molecule has 1 amide bonds. The van der Waals surface area contributed by atoms with Crippen molar-refractivity contribution in [1.82, 2.24) is 4.57 Å². The summed E-state index contributed by atoms with van der Waals surface area (Å²) in [6, 6.07) is 14.4. The van der Waals surface area contributed by atoms with Crippen molar-refractivity contribution in [2.45, 2.75) is 13.5 Å². The summed E-state index contributed by atoms with van der Waals surface area (Å²) in [6.07, 6.45) is 0. The first-order chi connectivity index (χ1) is 11.1. The van der Waals surface area contributed by atoms with Crippen LogP contribution >= 0.6 is 0 Å². The van der Waals surface area contributed by atoms with E-state index in [1.165, 1.54) is 24.3 Å². The number of carbonyl (C=O) groups excluding carboxylic acids is 1. The molecule has 0 spiro atoms. The second-order valence-corrected chi connectivity index (χ2v) is 5.13. The Hall–Kier alpha value is -2.95. The minimum atomic E-state index is -0.505. The fourth-order valence-corrected chi connectivity index (χ4v) is 2.54. The lowest BCUT2D eigenvalue weighted by Gasteiger charge is -2.11. The van der Waals surface area contributed by atoms with E-state index in [0.717, 1.165) is 10.9 Å². The Labute approximate surface area is 132 Å². The van der Waals surface area contributed by atoms with Crippen molar-refractivity contribution >= 4 is 22.5 Å². The first kappa shape index (κ1) is 15.0. The van der Waals surface area contributed by atoms with Gasteiger partial charge in [0.15, 0.2) is 0 Å². The van der Waals surface area contributed by atoms with E-state index in [4.69, 9.17) is 0 Å². The molecule has 4 nitrogen and oxygen atoms in total. The number of benzene rings is 2. The minimum absolute atomic E-state index is 0.0647. The third kappa shape index (κ3) is 2.85. The molecular weight excluding hydrogens is 295 g/mol. The quantitative estimate of drug-likeness (QED) is 0.806. The van der Waals surface area contributed by atoms with E-state index in [9.17, 15) is 14.0 Å². The van der Waals surface area contributed by atoms with Crippen LogP contribution in [0, 0.1) is 5.82 Å². The van der Waals surface area contributed by atoms with Gasteiger partial charge in [0.25, 0.3) is 11.5 Å². The highest BCUT2D eigenvalue weighted by Gasteiger charge is 2.15. The highest BCUT2D eigenvalue weighted by Crippen LogP contribution is 2.15. The number of aromatic nitrogens is 1. The van der Waals surface area contributed by atoms with E-state index in [1.807, 2.05) is 31.2 Å². The second kappa shape index (κ2) is 6.04. The number of aryl methyl sites for hydroxylation is 1. The third-order valence-corrected chi connectivity index (χ3v) is 3.67. The zero-order valence-corrected chi connectivity index (χ0v) is 12.5. The van der Waals surface area contributed by atoms with Gasteiger partial charge in [-0.3, -0.25) is 9.59 Å². The van der Waals surface area contributed by atoms with Gasteiger partial charge in [-0.05, 0) is 48.7 Å². The molecule has 0 unspecified atom stereocenters. The zero-order valence-electron chi connectivity index (χ0n) is 12.5. The molecule has 1 aromatic heterocycles. The largest absolute Gasteiger partial charge is 0.322 e. The van der Waals surface area contributed by atoms with E-state index < -0.39 is 5.91 Å². The summed E-state index contributed by atoms with van der Waals surface area (Å²) >= 11 is 0. The molecule has 116 valence electrons. The Kier molecular flexibility index (Phi) is 3.93. The number of nitrogens with one attached hydrogen (secondary N) is 1. The van der Waals surface area contributed by atoms with Crippen LogP contribution in [0.1, 0.15) is 17.3 Å². The smallest absolute Gasteiger partial charge is 0.263 e. The van der Waals surface area contributed by atoms with Crippen LogP contribution in [-0.4, -0.2) is 10.5 Å². The van der Waals surface area contributed by atoms with Gasteiger partial charge in [0.05, 0.1) is 5.52 Å². The van der Waals surface area contributed by atoms with Gasteiger partial charge in [0.2, 0.25) is 0 Å². The van der Waals surface area contributed by atoms with Crippen molar-refractivity contribution in [3.05, 3.63) is 76.3 Å². The molecule has 5 heteroatoms. The van der Waals surface area contributed by atoms with Gasteiger partial charge in [-0.15, -0.1) is 0 Å². The first-order valence-corrected chi connectivity index (χ1v) is 7.29. The van der Waals surface area contributed by atoms with Crippen LogP contribution in [0.25, 0.3) is 10.9 Å². The van der Waals surface area contributed by atoms with Gasteiger partial charge in [0, 0.05) is 12.2 Å². The minimum Gasteiger partial charge on any atom is -0.322 e. The summed E-state index contributed by atoms with van der Waals surface area (Å²) in [5.74, 6) is -0.892. The van der Waals surface area contributed by atoms with E-state index in [-0.39, 0.29) is 16.9 Å². The number of anilines is 1. The van der Waals surface area contributed by atoms with Crippen molar-refractivity contribution in [3.8, 4) is 0 Å².